The van der Waals surface area contributed by atoms with Crippen LogP contribution in [-0.4, -0.2) is 29.0 Å². The first-order valence-electron chi connectivity index (χ1n) is 7.36. The summed E-state index contributed by atoms with van der Waals surface area (Å²) in [5.74, 6) is -4.93. The van der Waals surface area contributed by atoms with Crippen LogP contribution in [0.3, 0.4) is 0 Å². The van der Waals surface area contributed by atoms with E-state index in [-0.39, 0.29) is 10.7 Å². The van der Waals surface area contributed by atoms with E-state index in [0.29, 0.717) is 19.0 Å². The number of nitrogens with zero attached hydrogens (tertiary/aromatic N) is 3. The third-order valence-electron chi connectivity index (χ3n) is 3.34. The quantitative estimate of drug-likeness (QED) is 0.601. The van der Waals surface area contributed by atoms with Gasteiger partial charge >= 0.3 is 0 Å². The molecule has 2 aromatic rings. The Balaban J connectivity index is 2.18. The van der Waals surface area contributed by atoms with Crippen molar-refractivity contribution >= 4 is 29.1 Å². The van der Waals surface area contributed by atoms with Gasteiger partial charge in [0.05, 0.1) is 16.9 Å². The molecule has 1 amide bonds. The van der Waals surface area contributed by atoms with Crippen LogP contribution in [0, 0.1) is 17.5 Å². The minimum absolute atomic E-state index is 0.0130. The molecule has 6 nitrogen and oxygen atoms in total. The maximum Gasteiger partial charge on any atom is 0.289 e. The average Bonchev–Trinajstić information content (AvgIpc) is 2.61. The summed E-state index contributed by atoms with van der Waals surface area (Å²) in [6.07, 6.45) is 1.27. The number of nitrogens with one attached hydrogen (secondary N) is 2. The Morgan fingerprint density at radius 2 is 1.88 bits per heavy atom. The Hall–Kier alpha value is -2.55. The van der Waals surface area contributed by atoms with E-state index in [1.165, 1.54) is 6.20 Å². The van der Waals surface area contributed by atoms with Crippen LogP contribution in [-0.2, 0) is 0 Å². The SMILES string of the molecule is CCN(CC)c1ncc(Cl)c(C(=O)NNc2ccc(F)c(F)c2F)n1. The minimum atomic E-state index is -1.65. The highest BCUT2D eigenvalue weighted by Gasteiger charge is 2.18. The lowest BCUT2D eigenvalue weighted by Gasteiger charge is -2.19. The second-order valence-electron chi connectivity index (χ2n) is 4.84. The Kier molecular flexibility index (Phi) is 6.02. The molecular formula is C15H15ClF3N5O. The Morgan fingerprint density at radius 1 is 1.20 bits per heavy atom. The van der Waals surface area contributed by atoms with E-state index in [0.717, 1.165) is 12.1 Å². The van der Waals surface area contributed by atoms with E-state index in [1.54, 1.807) is 4.90 Å². The molecule has 0 radical (unpaired) electrons. The standard InChI is InChI=1S/C15H15ClF3N5O/c1-3-24(4-2)15-20-7-8(16)13(21-15)14(25)23-22-10-6-5-9(17)11(18)12(10)19/h5-7,22H,3-4H2,1-2H3,(H,23,25). The molecule has 0 spiro atoms. The van der Waals surface area contributed by atoms with Crippen molar-refractivity contribution in [3.05, 3.63) is 46.5 Å². The van der Waals surface area contributed by atoms with E-state index >= 15 is 0 Å². The van der Waals surface area contributed by atoms with Gasteiger partial charge in [0.15, 0.2) is 23.1 Å². The van der Waals surface area contributed by atoms with Crippen LogP contribution in [0.2, 0.25) is 5.02 Å². The maximum absolute atomic E-state index is 13.6. The summed E-state index contributed by atoms with van der Waals surface area (Å²) >= 11 is 5.93. The fourth-order valence-corrected chi connectivity index (χ4v) is 2.16. The first-order chi connectivity index (χ1) is 11.9. The highest BCUT2D eigenvalue weighted by molar-refractivity contribution is 6.33. The molecule has 0 aliphatic rings. The zero-order chi connectivity index (χ0) is 18.6. The molecule has 0 atom stereocenters. The van der Waals surface area contributed by atoms with E-state index in [4.69, 9.17) is 11.6 Å². The number of hydrogen-bond donors (Lipinski definition) is 2. The van der Waals surface area contributed by atoms with Crippen molar-refractivity contribution < 1.29 is 18.0 Å². The van der Waals surface area contributed by atoms with Crippen molar-refractivity contribution in [2.24, 2.45) is 0 Å². The van der Waals surface area contributed by atoms with Gasteiger partial charge in [0.25, 0.3) is 5.91 Å². The van der Waals surface area contributed by atoms with Gasteiger partial charge in [-0.3, -0.25) is 15.6 Å². The van der Waals surface area contributed by atoms with E-state index in [9.17, 15) is 18.0 Å². The number of carbonyl (C=O) groups is 1. The summed E-state index contributed by atoms with van der Waals surface area (Å²) in [5.41, 5.74) is 3.72. The van der Waals surface area contributed by atoms with Gasteiger partial charge in [-0.1, -0.05) is 11.6 Å². The lowest BCUT2D eigenvalue weighted by atomic mass is 10.3. The third kappa shape index (κ3) is 4.11. The van der Waals surface area contributed by atoms with Gasteiger partial charge in [-0.15, -0.1) is 0 Å². The summed E-state index contributed by atoms with van der Waals surface area (Å²) in [6, 6.07) is 1.67. The molecule has 1 aromatic heterocycles. The smallest absolute Gasteiger partial charge is 0.289 e. The maximum atomic E-state index is 13.6. The molecule has 1 heterocycles. The lowest BCUT2D eigenvalue weighted by molar-refractivity contribution is 0.0957. The van der Waals surface area contributed by atoms with Crippen LogP contribution in [0.25, 0.3) is 0 Å². The summed E-state index contributed by atoms with van der Waals surface area (Å²) in [5, 5.41) is -0.0130. The molecule has 0 unspecified atom stereocenters. The number of hydrazine groups is 1. The second kappa shape index (κ2) is 8.02. The molecule has 134 valence electrons. The highest BCUT2D eigenvalue weighted by Crippen LogP contribution is 2.20. The normalized spacial score (nSPS) is 10.5. The van der Waals surface area contributed by atoms with E-state index in [1.807, 2.05) is 13.8 Å². The Labute approximate surface area is 147 Å². The van der Waals surface area contributed by atoms with Crippen LogP contribution >= 0.6 is 11.6 Å². The Bertz CT molecular complexity index is 786. The molecule has 25 heavy (non-hydrogen) atoms. The molecule has 2 N–H and O–H groups in total. The molecule has 2 rings (SSSR count). The van der Waals surface area contributed by atoms with Gasteiger partial charge in [-0.25, -0.2) is 23.1 Å². The number of halogens is 4. The number of aromatic nitrogens is 2. The van der Waals surface area contributed by atoms with Crippen molar-refractivity contribution in [3.8, 4) is 0 Å². The summed E-state index contributed by atoms with van der Waals surface area (Å²) < 4.78 is 39.6. The first-order valence-corrected chi connectivity index (χ1v) is 7.74. The molecule has 10 heteroatoms. The average molecular weight is 374 g/mol. The minimum Gasteiger partial charge on any atom is -0.341 e. The van der Waals surface area contributed by atoms with Crippen LogP contribution in [0.15, 0.2) is 18.3 Å². The topological polar surface area (TPSA) is 70.2 Å². The molecule has 0 saturated carbocycles. The van der Waals surface area contributed by atoms with Gasteiger partial charge in [-0.05, 0) is 26.0 Å². The van der Waals surface area contributed by atoms with Gasteiger partial charge in [0, 0.05) is 13.1 Å². The van der Waals surface area contributed by atoms with Crippen molar-refractivity contribution in [3.63, 3.8) is 0 Å². The number of anilines is 2. The van der Waals surface area contributed by atoms with Gasteiger partial charge in [-0.2, -0.15) is 0 Å². The fourth-order valence-electron chi connectivity index (χ4n) is 1.98. The van der Waals surface area contributed by atoms with Gasteiger partial charge in [0.2, 0.25) is 5.95 Å². The second-order valence-corrected chi connectivity index (χ2v) is 5.25. The molecule has 1 aromatic carbocycles. The monoisotopic (exact) mass is 373 g/mol. The first kappa shape index (κ1) is 18.8. The number of carbonyl (C=O) groups excluding carboxylic acids is 1. The highest BCUT2D eigenvalue weighted by atomic mass is 35.5. The zero-order valence-electron chi connectivity index (χ0n) is 13.4. The van der Waals surface area contributed by atoms with Crippen molar-refractivity contribution in [2.45, 2.75) is 13.8 Å². The van der Waals surface area contributed by atoms with Crippen LogP contribution in [0.5, 0.6) is 0 Å². The van der Waals surface area contributed by atoms with E-state index in [2.05, 4.69) is 20.8 Å². The molecule has 0 fully saturated rings. The zero-order valence-corrected chi connectivity index (χ0v) is 14.2. The predicted octanol–water partition coefficient (Wildman–Crippen LogP) is 3.15. The number of hydrogen-bond acceptors (Lipinski definition) is 5. The molecule has 0 saturated heterocycles. The predicted molar refractivity (Wildman–Crippen MR) is 88.0 cm³/mol. The molecule has 0 aliphatic carbocycles. The molecular weight excluding hydrogens is 359 g/mol. The molecule has 0 aliphatic heterocycles. The summed E-state index contributed by atoms with van der Waals surface area (Å²) in [6.45, 7) is 5.04. The number of rotatable bonds is 6. The third-order valence-corrected chi connectivity index (χ3v) is 3.62. The van der Waals surface area contributed by atoms with Crippen molar-refractivity contribution in [1.82, 2.24) is 15.4 Å². The summed E-state index contributed by atoms with van der Waals surface area (Å²) in [4.78, 5) is 22.1. The van der Waals surface area contributed by atoms with Crippen molar-refractivity contribution in [2.75, 3.05) is 23.4 Å². The number of benzene rings is 1. The van der Waals surface area contributed by atoms with Crippen LogP contribution in [0.4, 0.5) is 24.8 Å². The van der Waals surface area contributed by atoms with Gasteiger partial charge < -0.3 is 4.90 Å². The Morgan fingerprint density at radius 3 is 2.52 bits per heavy atom. The largest absolute Gasteiger partial charge is 0.341 e. The van der Waals surface area contributed by atoms with Crippen molar-refractivity contribution in [1.29, 1.82) is 0 Å². The van der Waals surface area contributed by atoms with Gasteiger partial charge in [0.1, 0.15) is 0 Å². The summed E-state index contributed by atoms with van der Waals surface area (Å²) in [7, 11) is 0. The molecule has 0 bridgehead atoms. The number of amides is 1. The fraction of sp³-hybridized carbons (Fsp3) is 0.267. The van der Waals surface area contributed by atoms with Crippen LogP contribution < -0.4 is 15.8 Å². The lowest BCUT2D eigenvalue weighted by Crippen LogP contribution is -2.32. The van der Waals surface area contributed by atoms with Crippen LogP contribution in [0.1, 0.15) is 24.3 Å². The van der Waals surface area contributed by atoms with E-state index < -0.39 is 29.0 Å².